The zero-order chi connectivity index (χ0) is 16.1. The number of aromatic amines is 1. The van der Waals surface area contributed by atoms with Crippen LogP contribution in [0.5, 0.6) is 5.75 Å². The molecule has 0 aliphatic rings. The number of hydrogen-bond acceptors (Lipinski definition) is 3. The van der Waals surface area contributed by atoms with Crippen molar-refractivity contribution in [1.82, 2.24) is 15.3 Å². The number of amides is 1. The molecule has 23 heavy (non-hydrogen) atoms. The van der Waals surface area contributed by atoms with E-state index in [0.29, 0.717) is 13.0 Å². The van der Waals surface area contributed by atoms with E-state index in [9.17, 15) is 4.79 Å². The maximum Gasteiger partial charge on any atom is 0.224 e. The molecule has 0 radical (unpaired) electrons. The average Bonchev–Trinajstić information content (AvgIpc) is 3.02. The molecule has 5 nitrogen and oxygen atoms in total. The Labute approximate surface area is 134 Å². The lowest BCUT2D eigenvalue weighted by Crippen LogP contribution is -2.27. The van der Waals surface area contributed by atoms with Gasteiger partial charge < -0.3 is 15.0 Å². The monoisotopic (exact) mass is 309 g/mol. The Morgan fingerprint density at radius 3 is 3.00 bits per heavy atom. The van der Waals surface area contributed by atoms with Gasteiger partial charge in [0.1, 0.15) is 5.75 Å². The second-order valence-corrected chi connectivity index (χ2v) is 5.38. The molecule has 5 heteroatoms. The van der Waals surface area contributed by atoms with Crippen molar-refractivity contribution in [1.29, 1.82) is 0 Å². The highest BCUT2D eigenvalue weighted by Crippen LogP contribution is 2.13. The highest BCUT2D eigenvalue weighted by atomic mass is 16.5. The summed E-state index contributed by atoms with van der Waals surface area (Å²) in [6, 6.07) is 13.7. The van der Waals surface area contributed by atoms with Gasteiger partial charge in [-0.15, -0.1) is 0 Å². The van der Waals surface area contributed by atoms with Gasteiger partial charge in [0, 0.05) is 6.54 Å². The molecule has 1 amide bonds. The quantitative estimate of drug-likeness (QED) is 0.735. The van der Waals surface area contributed by atoms with E-state index in [1.165, 1.54) is 5.56 Å². The van der Waals surface area contributed by atoms with Gasteiger partial charge in [-0.05, 0) is 41.8 Å². The molecule has 0 fully saturated rings. The molecule has 0 atom stereocenters. The first-order valence-corrected chi connectivity index (χ1v) is 7.56. The van der Waals surface area contributed by atoms with E-state index in [2.05, 4.69) is 21.4 Å². The number of aromatic nitrogens is 2. The maximum atomic E-state index is 12.0. The summed E-state index contributed by atoms with van der Waals surface area (Å²) in [7, 11) is 1.62. The molecule has 118 valence electrons. The van der Waals surface area contributed by atoms with Gasteiger partial charge in [-0.25, -0.2) is 4.98 Å². The van der Waals surface area contributed by atoms with Gasteiger partial charge in [-0.3, -0.25) is 4.79 Å². The Morgan fingerprint density at radius 1 is 1.22 bits per heavy atom. The summed E-state index contributed by atoms with van der Waals surface area (Å²) in [6.07, 6.45) is 2.83. The van der Waals surface area contributed by atoms with Gasteiger partial charge in [0.15, 0.2) is 0 Å². The van der Waals surface area contributed by atoms with Crippen LogP contribution in [0.2, 0.25) is 0 Å². The molecule has 0 bridgehead atoms. The van der Waals surface area contributed by atoms with E-state index in [4.69, 9.17) is 4.74 Å². The Kier molecular flexibility index (Phi) is 4.57. The fourth-order valence-electron chi connectivity index (χ4n) is 2.51. The van der Waals surface area contributed by atoms with Crippen molar-refractivity contribution in [3.05, 3.63) is 59.9 Å². The molecule has 1 heterocycles. The lowest BCUT2D eigenvalue weighted by Gasteiger charge is -2.07. The summed E-state index contributed by atoms with van der Waals surface area (Å²) >= 11 is 0. The van der Waals surface area contributed by atoms with Crippen LogP contribution in [0.3, 0.4) is 0 Å². The third kappa shape index (κ3) is 3.88. The van der Waals surface area contributed by atoms with E-state index in [1.54, 1.807) is 13.4 Å². The minimum atomic E-state index is 0.0147. The first-order valence-electron chi connectivity index (χ1n) is 7.56. The Morgan fingerprint density at radius 2 is 2.13 bits per heavy atom. The smallest absolute Gasteiger partial charge is 0.224 e. The highest BCUT2D eigenvalue weighted by Gasteiger charge is 2.05. The number of carbonyl (C=O) groups is 1. The number of benzene rings is 2. The predicted octanol–water partition coefficient (Wildman–Crippen LogP) is 2.47. The fraction of sp³-hybridized carbons (Fsp3) is 0.222. The van der Waals surface area contributed by atoms with Gasteiger partial charge in [-0.1, -0.05) is 18.2 Å². The third-order valence-electron chi connectivity index (χ3n) is 3.72. The number of fused-ring (bicyclic) bond motifs is 1. The van der Waals surface area contributed by atoms with Crippen molar-refractivity contribution in [2.45, 2.75) is 12.8 Å². The van der Waals surface area contributed by atoms with E-state index in [0.717, 1.165) is 28.8 Å². The molecule has 0 aliphatic carbocycles. The Bertz CT molecular complexity index is 811. The standard InChI is InChI=1S/C18H19N3O2/c1-23-15-4-2-3-14(9-15)11-18(22)19-8-7-13-5-6-16-17(10-13)21-12-20-16/h2-6,9-10,12H,7-8,11H2,1H3,(H,19,22)(H,20,21). The molecule has 0 saturated carbocycles. The Balaban J connectivity index is 1.50. The van der Waals surface area contributed by atoms with Gasteiger partial charge in [0.05, 0.1) is 30.9 Å². The van der Waals surface area contributed by atoms with Crippen LogP contribution in [-0.4, -0.2) is 29.5 Å². The summed E-state index contributed by atoms with van der Waals surface area (Å²) in [5, 5.41) is 2.95. The zero-order valence-electron chi connectivity index (χ0n) is 13.0. The van der Waals surface area contributed by atoms with Gasteiger partial charge in [0.25, 0.3) is 0 Å². The molecule has 0 spiro atoms. The van der Waals surface area contributed by atoms with Crippen molar-refractivity contribution in [3.63, 3.8) is 0 Å². The SMILES string of the molecule is COc1cccc(CC(=O)NCCc2ccc3nc[nH]c3c2)c1. The summed E-state index contributed by atoms with van der Waals surface area (Å²) in [4.78, 5) is 19.3. The van der Waals surface area contributed by atoms with Gasteiger partial charge in [0.2, 0.25) is 5.91 Å². The number of H-pyrrole nitrogens is 1. The van der Waals surface area contributed by atoms with Crippen LogP contribution in [0.1, 0.15) is 11.1 Å². The van der Waals surface area contributed by atoms with Crippen LogP contribution < -0.4 is 10.1 Å². The average molecular weight is 309 g/mol. The van der Waals surface area contributed by atoms with Gasteiger partial charge in [-0.2, -0.15) is 0 Å². The summed E-state index contributed by atoms with van der Waals surface area (Å²) in [5.41, 5.74) is 4.09. The molecule has 2 aromatic carbocycles. The first-order chi connectivity index (χ1) is 11.2. The van der Waals surface area contributed by atoms with Crippen LogP contribution >= 0.6 is 0 Å². The fourth-order valence-corrected chi connectivity index (χ4v) is 2.51. The van der Waals surface area contributed by atoms with E-state index >= 15 is 0 Å². The number of methoxy groups -OCH3 is 1. The largest absolute Gasteiger partial charge is 0.497 e. The summed E-state index contributed by atoms with van der Waals surface area (Å²) in [5.74, 6) is 0.782. The predicted molar refractivity (Wildman–Crippen MR) is 89.5 cm³/mol. The molecule has 0 unspecified atom stereocenters. The van der Waals surface area contributed by atoms with Crippen molar-refractivity contribution in [2.75, 3.05) is 13.7 Å². The number of nitrogens with zero attached hydrogens (tertiary/aromatic N) is 1. The van der Waals surface area contributed by atoms with Crippen LogP contribution in [0, 0.1) is 0 Å². The normalized spacial score (nSPS) is 10.7. The number of carbonyl (C=O) groups excluding carboxylic acids is 1. The number of hydrogen-bond donors (Lipinski definition) is 2. The number of rotatable bonds is 6. The second kappa shape index (κ2) is 6.96. The third-order valence-corrected chi connectivity index (χ3v) is 3.72. The number of nitrogens with one attached hydrogen (secondary N) is 2. The Hall–Kier alpha value is -2.82. The molecule has 3 aromatic rings. The molecule has 0 saturated heterocycles. The lowest BCUT2D eigenvalue weighted by molar-refractivity contribution is -0.120. The summed E-state index contributed by atoms with van der Waals surface area (Å²) < 4.78 is 5.16. The first kappa shape index (κ1) is 15.1. The van der Waals surface area contributed by atoms with Crippen LogP contribution in [0.15, 0.2) is 48.8 Å². The highest BCUT2D eigenvalue weighted by molar-refractivity contribution is 5.78. The summed E-state index contributed by atoms with van der Waals surface area (Å²) in [6.45, 7) is 0.614. The van der Waals surface area contributed by atoms with E-state index in [1.807, 2.05) is 36.4 Å². The molecule has 0 aliphatic heterocycles. The van der Waals surface area contributed by atoms with Crippen LogP contribution in [0.25, 0.3) is 11.0 Å². The maximum absolute atomic E-state index is 12.0. The molecule has 2 N–H and O–H groups in total. The molecule has 3 rings (SSSR count). The number of ether oxygens (including phenoxy) is 1. The van der Waals surface area contributed by atoms with Crippen molar-refractivity contribution in [2.24, 2.45) is 0 Å². The minimum Gasteiger partial charge on any atom is -0.497 e. The minimum absolute atomic E-state index is 0.0147. The van der Waals surface area contributed by atoms with E-state index in [-0.39, 0.29) is 5.91 Å². The number of imidazole rings is 1. The van der Waals surface area contributed by atoms with Gasteiger partial charge >= 0.3 is 0 Å². The molecular formula is C18H19N3O2. The zero-order valence-corrected chi connectivity index (χ0v) is 13.0. The van der Waals surface area contributed by atoms with Crippen molar-refractivity contribution < 1.29 is 9.53 Å². The van der Waals surface area contributed by atoms with Crippen LogP contribution in [-0.2, 0) is 17.6 Å². The second-order valence-electron chi connectivity index (χ2n) is 5.38. The van der Waals surface area contributed by atoms with Crippen LogP contribution in [0.4, 0.5) is 0 Å². The lowest BCUT2D eigenvalue weighted by atomic mass is 10.1. The molecular weight excluding hydrogens is 290 g/mol. The topological polar surface area (TPSA) is 67.0 Å². The van der Waals surface area contributed by atoms with E-state index < -0.39 is 0 Å². The van der Waals surface area contributed by atoms with Crippen molar-refractivity contribution in [3.8, 4) is 5.75 Å². The van der Waals surface area contributed by atoms with Crippen molar-refractivity contribution >= 4 is 16.9 Å². The molecule has 1 aromatic heterocycles.